The number of nitrogens with zero attached hydrogens (tertiary/aromatic N) is 2. The van der Waals surface area contributed by atoms with Gasteiger partial charge < -0.3 is 15.5 Å². The third kappa shape index (κ3) is 4.89. The van der Waals surface area contributed by atoms with Crippen molar-refractivity contribution >= 4 is 23.5 Å². The van der Waals surface area contributed by atoms with E-state index in [1.807, 2.05) is 0 Å². The van der Waals surface area contributed by atoms with Crippen LogP contribution in [0.25, 0.3) is 0 Å². The number of para-hydroxylation sites is 1. The maximum atomic E-state index is 13.3. The molecule has 0 saturated carbocycles. The van der Waals surface area contributed by atoms with Crippen LogP contribution in [-0.2, 0) is 22.3 Å². The number of hydrogen-bond acceptors (Lipinski definition) is 4. The zero-order chi connectivity index (χ0) is 24.5. The lowest BCUT2D eigenvalue weighted by atomic mass is 9.93. The molecule has 0 aromatic heterocycles. The topological polar surface area (TPSA) is 81.8 Å². The third-order valence-electron chi connectivity index (χ3n) is 5.91. The second-order valence-electron chi connectivity index (χ2n) is 8.19. The number of rotatable bonds is 5. The highest BCUT2D eigenvalue weighted by Gasteiger charge is 2.47. The van der Waals surface area contributed by atoms with Crippen molar-refractivity contribution in [3.05, 3.63) is 65.5 Å². The summed E-state index contributed by atoms with van der Waals surface area (Å²) in [6, 6.07) is 7.79. The normalized spacial score (nSPS) is 20.8. The van der Waals surface area contributed by atoms with E-state index in [0.29, 0.717) is 24.9 Å². The largest absolute Gasteiger partial charge is 0.418 e. The van der Waals surface area contributed by atoms with Gasteiger partial charge >= 0.3 is 12.2 Å². The van der Waals surface area contributed by atoms with Gasteiger partial charge in [0.1, 0.15) is 18.4 Å². The standard InChI is InChI=1S/C23H22F4N4O3/c24-15-9-7-14(8-10-15)12-31-21(33)20-18(6-3-11-28-20)30(22(31)34)13-19(32)29-17-5-2-1-4-16(17)23(25,26)27/h1-2,4-5,7-10,18,20,28H,3,6,11-13H2,(H,29,32). The van der Waals surface area contributed by atoms with Gasteiger partial charge in [0, 0.05) is 0 Å². The molecule has 2 aromatic carbocycles. The van der Waals surface area contributed by atoms with Crippen LogP contribution in [0, 0.1) is 5.82 Å². The summed E-state index contributed by atoms with van der Waals surface area (Å²) in [6.45, 7) is -0.108. The highest BCUT2D eigenvalue weighted by atomic mass is 19.4. The molecule has 0 radical (unpaired) electrons. The van der Waals surface area contributed by atoms with E-state index >= 15 is 0 Å². The van der Waals surface area contributed by atoms with Crippen molar-refractivity contribution in [1.82, 2.24) is 15.1 Å². The van der Waals surface area contributed by atoms with Crippen molar-refractivity contribution in [3.8, 4) is 0 Å². The van der Waals surface area contributed by atoms with Crippen LogP contribution < -0.4 is 10.6 Å². The van der Waals surface area contributed by atoms with Crippen LogP contribution in [0.1, 0.15) is 24.0 Å². The van der Waals surface area contributed by atoms with Crippen LogP contribution in [0.3, 0.4) is 0 Å². The highest BCUT2D eigenvalue weighted by Crippen LogP contribution is 2.34. The van der Waals surface area contributed by atoms with E-state index in [1.54, 1.807) is 0 Å². The minimum atomic E-state index is -4.67. The summed E-state index contributed by atoms with van der Waals surface area (Å²) in [5.41, 5.74) is -0.901. The average Bonchev–Trinajstić information content (AvgIpc) is 2.80. The summed E-state index contributed by atoms with van der Waals surface area (Å²) in [5.74, 6) is -1.74. The Labute approximate surface area is 192 Å². The van der Waals surface area contributed by atoms with Crippen molar-refractivity contribution in [2.75, 3.05) is 18.4 Å². The van der Waals surface area contributed by atoms with E-state index in [1.165, 1.54) is 41.3 Å². The monoisotopic (exact) mass is 478 g/mol. The molecule has 2 atom stereocenters. The predicted molar refractivity (Wildman–Crippen MR) is 114 cm³/mol. The van der Waals surface area contributed by atoms with E-state index in [4.69, 9.17) is 0 Å². The first-order chi connectivity index (χ1) is 16.1. The Morgan fingerprint density at radius 3 is 2.50 bits per heavy atom. The first-order valence-electron chi connectivity index (χ1n) is 10.7. The maximum Gasteiger partial charge on any atom is 0.418 e. The Morgan fingerprint density at radius 2 is 1.79 bits per heavy atom. The van der Waals surface area contributed by atoms with E-state index in [9.17, 15) is 31.9 Å². The van der Waals surface area contributed by atoms with Crippen molar-refractivity contribution in [2.24, 2.45) is 0 Å². The van der Waals surface area contributed by atoms with Crippen molar-refractivity contribution in [3.63, 3.8) is 0 Å². The Bertz CT molecular complexity index is 1090. The quantitative estimate of drug-likeness (QED) is 0.646. The molecular weight excluding hydrogens is 456 g/mol. The molecule has 2 aliphatic heterocycles. The lowest BCUT2D eigenvalue weighted by Crippen LogP contribution is -2.70. The minimum absolute atomic E-state index is 0.127. The molecule has 2 unspecified atom stereocenters. The van der Waals surface area contributed by atoms with Gasteiger partial charge in [0.25, 0.3) is 0 Å². The first-order valence-corrected chi connectivity index (χ1v) is 10.7. The second kappa shape index (κ2) is 9.41. The van der Waals surface area contributed by atoms with E-state index in [-0.39, 0.29) is 6.54 Å². The van der Waals surface area contributed by atoms with Gasteiger partial charge in [0.15, 0.2) is 0 Å². The number of amides is 4. The van der Waals surface area contributed by atoms with Gasteiger partial charge in [-0.1, -0.05) is 24.3 Å². The maximum absolute atomic E-state index is 13.3. The lowest BCUT2D eigenvalue weighted by molar-refractivity contribution is -0.139. The molecule has 34 heavy (non-hydrogen) atoms. The summed E-state index contributed by atoms with van der Waals surface area (Å²) in [6.07, 6.45) is -3.54. The molecule has 2 aromatic rings. The summed E-state index contributed by atoms with van der Waals surface area (Å²) >= 11 is 0. The van der Waals surface area contributed by atoms with Gasteiger partial charge in [-0.3, -0.25) is 14.5 Å². The Hall–Kier alpha value is -3.47. The molecule has 7 nitrogen and oxygen atoms in total. The van der Waals surface area contributed by atoms with Crippen molar-refractivity contribution in [1.29, 1.82) is 0 Å². The Kier molecular flexibility index (Phi) is 6.56. The van der Waals surface area contributed by atoms with E-state index < -0.39 is 59.7 Å². The summed E-state index contributed by atoms with van der Waals surface area (Å²) < 4.78 is 53.1. The number of hydrogen-bond donors (Lipinski definition) is 2. The second-order valence-corrected chi connectivity index (χ2v) is 8.19. The molecular formula is C23H22F4N4O3. The molecule has 2 N–H and O–H groups in total. The van der Waals surface area contributed by atoms with Crippen LogP contribution in [0.5, 0.6) is 0 Å². The highest BCUT2D eigenvalue weighted by molar-refractivity contribution is 6.03. The number of nitrogens with one attached hydrogen (secondary N) is 2. The number of fused-ring (bicyclic) bond motifs is 1. The van der Waals surface area contributed by atoms with Gasteiger partial charge in [0.2, 0.25) is 11.8 Å². The molecule has 2 heterocycles. The first kappa shape index (κ1) is 23.7. The van der Waals surface area contributed by atoms with Gasteiger partial charge in [0.05, 0.1) is 23.8 Å². The average molecular weight is 478 g/mol. The molecule has 0 aliphatic carbocycles. The van der Waals surface area contributed by atoms with Crippen molar-refractivity contribution in [2.45, 2.75) is 37.6 Å². The Balaban J connectivity index is 1.55. The van der Waals surface area contributed by atoms with Crippen LogP contribution in [0.4, 0.5) is 28.0 Å². The molecule has 2 fully saturated rings. The molecule has 0 spiro atoms. The lowest BCUT2D eigenvalue weighted by Gasteiger charge is -2.46. The zero-order valence-corrected chi connectivity index (χ0v) is 17.9. The number of benzene rings is 2. The molecule has 4 rings (SSSR count). The molecule has 4 amide bonds. The van der Waals surface area contributed by atoms with Gasteiger partial charge in [-0.2, -0.15) is 13.2 Å². The zero-order valence-electron chi connectivity index (χ0n) is 17.9. The number of alkyl halides is 3. The SMILES string of the molecule is O=C(CN1C(=O)N(Cc2ccc(F)cc2)C(=O)C2NCCCC21)Nc1ccccc1C(F)(F)F. The summed E-state index contributed by atoms with van der Waals surface area (Å²) in [7, 11) is 0. The molecule has 11 heteroatoms. The number of piperidine rings is 1. The molecule has 2 aliphatic rings. The van der Waals surface area contributed by atoms with Crippen LogP contribution >= 0.6 is 0 Å². The number of halogens is 4. The van der Waals surface area contributed by atoms with Gasteiger partial charge in [-0.25, -0.2) is 9.18 Å². The van der Waals surface area contributed by atoms with Gasteiger partial charge in [-0.15, -0.1) is 0 Å². The predicted octanol–water partition coefficient (Wildman–Crippen LogP) is 3.37. The number of anilines is 1. The van der Waals surface area contributed by atoms with Crippen LogP contribution in [-0.4, -0.2) is 52.8 Å². The molecule has 2 saturated heterocycles. The summed E-state index contributed by atoms with van der Waals surface area (Å²) in [4.78, 5) is 41.2. The molecule has 0 bridgehead atoms. The number of urea groups is 1. The number of carbonyl (C=O) groups is 3. The number of imide groups is 1. The van der Waals surface area contributed by atoms with E-state index in [2.05, 4.69) is 10.6 Å². The number of carbonyl (C=O) groups excluding carboxylic acids is 3. The minimum Gasteiger partial charge on any atom is -0.324 e. The Morgan fingerprint density at radius 1 is 1.09 bits per heavy atom. The van der Waals surface area contributed by atoms with Crippen LogP contribution in [0.2, 0.25) is 0 Å². The smallest absolute Gasteiger partial charge is 0.324 e. The van der Waals surface area contributed by atoms with Crippen molar-refractivity contribution < 1.29 is 31.9 Å². The van der Waals surface area contributed by atoms with E-state index in [0.717, 1.165) is 17.0 Å². The van der Waals surface area contributed by atoms with Gasteiger partial charge in [-0.05, 0) is 49.2 Å². The fraction of sp³-hybridized carbons (Fsp3) is 0.348. The fourth-order valence-electron chi connectivity index (χ4n) is 4.30. The molecule has 180 valence electrons. The third-order valence-corrected chi connectivity index (χ3v) is 5.91. The fourth-order valence-corrected chi connectivity index (χ4v) is 4.30. The van der Waals surface area contributed by atoms with Crippen LogP contribution in [0.15, 0.2) is 48.5 Å². The summed E-state index contributed by atoms with van der Waals surface area (Å²) in [5, 5.41) is 5.32.